The molecular weight excluding hydrogens is 658 g/mol. The quantitative estimate of drug-likeness (QED) is 0.108. The van der Waals surface area contributed by atoms with Crippen LogP contribution in [0.25, 0.3) is 0 Å². The molecule has 2 unspecified atom stereocenters. The second-order valence-electron chi connectivity index (χ2n) is 10.4. The maximum atomic E-state index is 12.9. The van der Waals surface area contributed by atoms with E-state index in [0.717, 1.165) is 0 Å². The first-order valence-electron chi connectivity index (χ1n) is 13.0. The zero-order valence-corrected chi connectivity index (χ0v) is 27.0. The van der Waals surface area contributed by atoms with Gasteiger partial charge in [-0.2, -0.15) is 0 Å². The lowest BCUT2D eigenvalue weighted by Gasteiger charge is -2.49. The van der Waals surface area contributed by atoms with E-state index in [-0.39, 0.29) is 22.9 Å². The standard InChI is InChI=1S/C26H28ClN5O9S3/c1-12(29-23(37)41-26(2,3)4)39-25(38)40-16-6-5-13(7-15(16)27)8-17(33)30-18-20(34)32-19(22(35)36)14(9-42-21(18)32)10-43-24-31-28-11-44-24/h5-7,11-12,18,21H,8-10H2,1-4H3,(H,29,37)(H,30,33)(H,35,36)/t12?,18?,21-/m0/s1. The molecular formula is C26H28ClN5O9S3. The highest BCUT2D eigenvalue weighted by Crippen LogP contribution is 2.41. The number of fused-ring (bicyclic) bond motifs is 1. The number of thioether (sulfide) groups is 2. The topological polar surface area (TPSA) is 186 Å². The van der Waals surface area contributed by atoms with Gasteiger partial charge in [0.05, 0.1) is 11.4 Å². The molecule has 18 heteroatoms. The van der Waals surface area contributed by atoms with Crippen LogP contribution < -0.4 is 15.4 Å². The van der Waals surface area contributed by atoms with E-state index in [9.17, 15) is 29.1 Å². The second kappa shape index (κ2) is 14.0. The van der Waals surface area contributed by atoms with Crippen molar-refractivity contribution in [3.05, 3.63) is 45.6 Å². The third-order valence-electron chi connectivity index (χ3n) is 5.82. The molecule has 2 aromatic rings. The van der Waals surface area contributed by atoms with E-state index in [0.29, 0.717) is 27.0 Å². The second-order valence-corrected chi connectivity index (χ2v) is 14.0. The number of rotatable bonds is 10. The van der Waals surface area contributed by atoms with Crippen LogP contribution in [0.2, 0.25) is 5.02 Å². The highest BCUT2D eigenvalue weighted by atomic mass is 35.5. The smallest absolute Gasteiger partial charge is 0.477 e. The number of hydrogen-bond acceptors (Lipinski definition) is 13. The number of nitrogens with one attached hydrogen (secondary N) is 2. The maximum Gasteiger partial charge on any atom is 0.515 e. The summed E-state index contributed by atoms with van der Waals surface area (Å²) in [5, 5.41) is 22.0. The van der Waals surface area contributed by atoms with E-state index in [1.54, 1.807) is 26.3 Å². The summed E-state index contributed by atoms with van der Waals surface area (Å²) < 4.78 is 15.9. The van der Waals surface area contributed by atoms with Gasteiger partial charge in [-0.1, -0.05) is 40.8 Å². The molecule has 0 radical (unpaired) electrons. The first kappa shape index (κ1) is 33.4. The van der Waals surface area contributed by atoms with Crippen LogP contribution >= 0.6 is 46.5 Å². The van der Waals surface area contributed by atoms with E-state index in [1.807, 2.05) is 0 Å². The van der Waals surface area contributed by atoms with Gasteiger partial charge in [0.2, 0.25) is 5.91 Å². The minimum atomic E-state index is -1.21. The molecule has 2 aliphatic rings. The van der Waals surface area contributed by atoms with Gasteiger partial charge in [-0.15, -0.1) is 22.0 Å². The van der Waals surface area contributed by atoms with E-state index >= 15 is 0 Å². The highest BCUT2D eigenvalue weighted by molar-refractivity contribution is 8.01. The normalized spacial score (nSPS) is 18.5. The molecule has 44 heavy (non-hydrogen) atoms. The van der Waals surface area contributed by atoms with Gasteiger partial charge in [0.15, 0.2) is 16.3 Å². The van der Waals surface area contributed by atoms with Crippen molar-refractivity contribution >= 4 is 76.5 Å². The molecule has 1 saturated heterocycles. The maximum absolute atomic E-state index is 12.9. The number of ether oxygens (including phenoxy) is 3. The fraction of sp³-hybridized carbons (Fsp3) is 0.423. The Morgan fingerprint density at radius 1 is 1.27 bits per heavy atom. The molecule has 236 valence electrons. The molecule has 3 amide bonds. The number of carbonyl (C=O) groups is 5. The summed E-state index contributed by atoms with van der Waals surface area (Å²) in [5.74, 6) is -1.52. The Labute approximate surface area is 269 Å². The minimum Gasteiger partial charge on any atom is -0.477 e. The van der Waals surface area contributed by atoms with Crippen LogP contribution in [0.15, 0.2) is 39.3 Å². The van der Waals surface area contributed by atoms with Crippen LogP contribution in [0, 0.1) is 0 Å². The number of β-lactam (4-membered cyclic amide) rings is 1. The number of aromatic nitrogens is 2. The van der Waals surface area contributed by atoms with Gasteiger partial charge in [-0.3, -0.25) is 19.8 Å². The molecule has 2 aliphatic heterocycles. The van der Waals surface area contributed by atoms with Crippen LogP contribution in [0.5, 0.6) is 5.75 Å². The Morgan fingerprint density at radius 2 is 2.02 bits per heavy atom. The predicted octanol–water partition coefficient (Wildman–Crippen LogP) is 3.65. The van der Waals surface area contributed by atoms with Gasteiger partial charge in [0.25, 0.3) is 5.91 Å². The first-order chi connectivity index (χ1) is 20.7. The molecule has 3 N–H and O–H groups in total. The van der Waals surface area contributed by atoms with Gasteiger partial charge in [0, 0.05) is 11.5 Å². The SMILES string of the molecule is CC(NC(=O)OC(C)(C)C)OC(=O)Oc1ccc(CC(=O)NC2C(=O)N3C(C(=O)O)=C(CSc4nncs4)CS[C@@H]23)cc1Cl. The van der Waals surface area contributed by atoms with Gasteiger partial charge in [0.1, 0.15) is 28.2 Å². The van der Waals surface area contributed by atoms with Crippen LogP contribution in [0.1, 0.15) is 33.3 Å². The first-order valence-corrected chi connectivity index (χ1v) is 16.3. The van der Waals surface area contributed by atoms with Gasteiger partial charge in [-0.25, -0.2) is 14.4 Å². The van der Waals surface area contributed by atoms with E-state index in [4.69, 9.17) is 25.8 Å². The number of carbonyl (C=O) groups excluding carboxylic acids is 4. The van der Waals surface area contributed by atoms with E-state index in [1.165, 1.54) is 64.9 Å². The van der Waals surface area contributed by atoms with Crippen LogP contribution in [-0.2, 0) is 30.3 Å². The zero-order chi connectivity index (χ0) is 32.2. The number of alkyl carbamates (subject to hydrolysis) is 1. The van der Waals surface area contributed by atoms with Crippen LogP contribution in [0.4, 0.5) is 9.59 Å². The van der Waals surface area contributed by atoms with Crippen molar-refractivity contribution in [3.8, 4) is 5.75 Å². The largest absolute Gasteiger partial charge is 0.515 e. The Balaban J connectivity index is 1.28. The minimum absolute atomic E-state index is 0.0175. The number of halogens is 1. The summed E-state index contributed by atoms with van der Waals surface area (Å²) in [6.45, 7) is 6.47. The lowest BCUT2D eigenvalue weighted by atomic mass is 10.0. The third-order valence-corrected chi connectivity index (χ3v) is 9.41. The average Bonchev–Trinajstić information content (AvgIpc) is 3.44. The Kier molecular flexibility index (Phi) is 10.6. The van der Waals surface area contributed by atoms with Crippen molar-refractivity contribution in [1.82, 2.24) is 25.7 Å². The summed E-state index contributed by atoms with van der Waals surface area (Å²) in [7, 11) is 0. The molecule has 0 saturated carbocycles. The van der Waals surface area contributed by atoms with Crippen LogP contribution in [-0.4, -0.2) is 85.0 Å². The number of amides is 3. The Hall–Kier alpha value is -3.54. The summed E-state index contributed by atoms with van der Waals surface area (Å²) >= 11 is 10.3. The Bertz CT molecular complexity index is 1480. The summed E-state index contributed by atoms with van der Waals surface area (Å²) in [6.07, 6.45) is -3.11. The molecule has 4 rings (SSSR count). The zero-order valence-electron chi connectivity index (χ0n) is 23.8. The lowest BCUT2D eigenvalue weighted by molar-refractivity contribution is -0.150. The number of carboxylic acids is 1. The monoisotopic (exact) mass is 685 g/mol. The van der Waals surface area contributed by atoms with E-state index in [2.05, 4.69) is 20.8 Å². The molecule has 1 fully saturated rings. The molecule has 0 bridgehead atoms. The van der Waals surface area contributed by atoms with Gasteiger partial charge in [-0.05, 0) is 51.0 Å². The van der Waals surface area contributed by atoms with Crippen molar-refractivity contribution in [2.24, 2.45) is 0 Å². The van der Waals surface area contributed by atoms with Crippen molar-refractivity contribution in [1.29, 1.82) is 0 Å². The molecule has 3 atom stereocenters. The summed E-state index contributed by atoms with van der Waals surface area (Å²) in [6, 6.07) is 3.41. The number of hydrogen-bond donors (Lipinski definition) is 3. The molecule has 14 nitrogen and oxygen atoms in total. The summed E-state index contributed by atoms with van der Waals surface area (Å²) in [4.78, 5) is 62.9. The molecule has 0 spiro atoms. The molecule has 1 aromatic heterocycles. The van der Waals surface area contributed by atoms with Gasteiger partial charge >= 0.3 is 18.2 Å². The van der Waals surface area contributed by atoms with Crippen LogP contribution in [0.3, 0.4) is 0 Å². The number of aliphatic carboxylic acids is 1. The fourth-order valence-corrected chi connectivity index (χ4v) is 7.29. The fourth-order valence-electron chi connectivity index (χ4n) is 4.08. The van der Waals surface area contributed by atoms with Crippen molar-refractivity contribution in [3.63, 3.8) is 0 Å². The predicted molar refractivity (Wildman–Crippen MR) is 161 cm³/mol. The average molecular weight is 686 g/mol. The lowest BCUT2D eigenvalue weighted by Crippen LogP contribution is -2.70. The third kappa shape index (κ3) is 8.55. The number of benzene rings is 1. The number of nitrogens with zero attached hydrogens (tertiary/aromatic N) is 3. The van der Waals surface area contributed by atoms with Crippen molar-refractivity contribution in [2.45, 2.75) is 61.7 Å². The van der Waals surface area contributed by atoms with Gasteiger partial charge < -0.3 is 24.6 Å². The Morgan fingerprint density at radius 3 is 2.66 bits per heavy atom. The van der Waals surface area contributed by atoms with Crippen molar-refractivity contribution < 1.29 is 43.3 Å². The van der Waals surface area contributed by atoms with Crippen molar-refractivity contribution in [2.75, 3.05) is 11.5 Å². The molecule has 3 heterocycles. The van der Waals surface area contributed by atoms with E-state index < -0.39 is 53.3 Å². The highest BCUT2D eigenvalue weighted by Gasteiger charge is 2.54. The number of carboxylic acid groups (broad SMARTS) is 1. The summed E-state index contributed by atoms with van der Waals surface area (Å²) in [5.41, 5.74) is 1.83. The molecule has 1 aromatic carbocycles. The molecule has 0 aliphatic carbocycles.